The van der Waals surface area contributed by atoms with E-state index >= 15 is 0 Å². The highest BCUT2D eigenvalue weighted by Gasteiger charge is 2.12. The molecule has 3 rings (SSSR count). The second-order valence-electron chi connectivity index (χ2n) is 5.49. The molecule has 1 amide bonds. The lowest BCUT2D eigenvalue weighted by Gasteiger charge is -2.15. The summed E-state index contributed by atoms with van der Waals surface area (Å²) < 4.78 is 15.3. The molecule has 2 aromatic carbocycles. The van der Waals surface area contributed by atoms with Crippen molar-refractivity contribution in [3.63, 3.8) is 0 Å². The van der Waals surface area contributed by atoms with Crippen molar-refractivity contribution in [3.8, 4) is 5.69 Å². The predicted molar refractivity (Wildman–Crippen MR) is 88.0 cm³/mol. The molecule has 0 radical (unpaired) electrons. The topological polar surface area (TPSA) is 59.8 Å². The summed E-state index contributed by atoms with van der Waals surface area (Å²) >= 11 is 0. The van der Waals surface area contributed by atoms with Gasteiger partial charge in [0.2, 0.25) is 5.91 Å². The third-order valence-electron chi connectivity index (χ3n) is 3.76. The van der Waals surface area contributed by atoms with Crippen molar-refractivity contribution in [1.82, 2.24) is 20.1 Å². The summed E-state index contributed by atoms with van der Waals surface area (Å²) in [5.41, 5.74) is 2.24. The number of hydrogen-bond acceptors (Lipinski definition) is 3. The SMILES string of the molecule is CC(NC(=O)Cc1ccccc1F)c1ccc(-n2cncn2)cc1. The largest absolute Gasteiger partial charge is 0.349 e. The molecule has 5 nitrogen and oxygen atoms in total. The highest BCUT2D eigenvalue weighted by molar-refractivity contribution is 5.79. The minimum atomic E-state index is -0.363. The fourth-order valence-electron chi connectivity index (χ4n) is 2.45. The summed E-state index contributed by atoms with van der Waals surface area (Å²) in [6.07, 6.45) is 3.11. The third kappa shape index (κ3) is 3.65. The van der Waals surface area contributed by atoms with Gasteiger partial charge in [0, 0.05) is 0 Å². The van der Waals surface area contributed by atoms with Crippen LogP contribution < -0.4 is 5.32 Å². The van der Waals surface area contributed by atoms with E-state index in [1.165, 1.54) is 12.4 Å². The smallest absolute Gasteiger partial charge is 0.225 e. The van der Waals surface area contributed by atoms with Crippen molar-refractivity contribution in [3.05, 3.63) is 78.1 Å². The Kier molecular flexibility index (Phi) is 4.65. The number of nitrogens with zero attached hydrogens (tertiary/aromatic N) is 3. The van der Waals surface area contributed by atoms with Gasteiger partial charge in [0.15, 0.2) is 0 Å². The van der Waals surface area contributed by atoms with E-state index in [9.17, 15) is 9.18 Å². The molecular weight excluding hydrogens is 307 g/mol. The molecule has 1 aromatic heterocycles. The summed E-state index contributed by atoms with van der Waals surface area (Å²) in [6.45, 7) is 1.89. The molecule has 1 atom stereocenters. The Morgan fingerprint density at radius 1 is 1.21 bits per heavy atom. The summed E-state index contributed by atoms with van der Waals surface area (Å²) in [4.78, 5) is 16.0. The van der Waals surface area contributed by atoms with Gasteiger partial charge in [-0.25, -0.2) is 14.1 Å². The summed E-state index contributed by atoms with van der Waals surface area (Å²) in [5, 5.41) is 6.95. The maximum Gasteiger partial charge on any atom is 0.225 e. The Balaban J connectivity index is 1.63. The minimum Gasteiger partial charge on any atom is -0.349 e. The van der Waals surface area contributed by atoms with E-state index in [0.29, 0.717) is 5.56 Å². The maximum absolute atomic E-state index is 13.6. The maximum atomic E-state index is 13.6. The van der Waals surface area contributed by atoms with Crippen LogP contribution in [-0.4, -0.2) is 20.7 Å². The molecular formula is C18H17FN4O. The van der Waals surface area contributed by atoms with Crippen LogP contribution in [0.4, 0.5) is 4.39 Å². The average molecular weight is 324 g/mol. The lowest BCUT2D eigenvalue weighted by Crippen LogP contribution is -2.28. The van der Waals surface area contributed by atoms with Crippen molar-refractivity contribution in [2.75, 3.05) is 0 Å². The highest BCUT2D eigenvalue weighted by Crippen LogP contribution is 2.16. The number of amides is 1. The number of halogens is 1. The van der Waals surface area contributed by atoms with Gasteiger partial charge in [0.25, 0.3) is 0 Å². The number of carbonyl (C=O) groups excluding carboxylic acids is 1. The number of aromatic nitrogens is 3. The molecule has 0 bridgehead atoms. The number of rotatable bonds is 5. The van der Waals surface area contributed by atoms with Crippen LogP contribution in [0.5, 0.6) is 0 Å². The average Bonchev–Trinajstić information content (AvgIpc) is 3.11. The van der Waals surface area contributed by atoms with Crippen molar-refractivity contribution in [2.45, 2.75) is 19.4 Å². The summed E-state index contributed by atoms with van der Waals surface area (Å²) in [5.74, 6) is -0.578. The molecule has 1 N–H and O–H groups in total. The van der Waals surface area contributed by atoms with Gasteiger partial charge in [0.05, 0.1) is 18.2 Å². The minimum absolute atomic E-state index is 0.0219. The van der Waals surface area contributed by atoms with Gasteiger partial charge >= 0.3 is 0 Å². The van der Waals surface area contributed by atoms with Crippen molar-refractivity contribution < 1.29 is 9.18 Å². The molecule has 122 valence electrons. The van der Waals surface area contributed by atoms with Gasteiger partial charge in [-0.05, 0) is 36.2 Å². The monoisotopic (exact) mass is 324 g/mol. The van der Waals surface area contributed by atoms with Gasteiger partial charge in [-0.2, -0.15) is 5.10 Å². The first-order chi connectivity index (χ1) is 11.6. The molecule has 6 heteroatoms. The quantitative estimate of drug-likeness (QED) is 0.785. The van der Waals surface area contributed by atoms with E-state index in [0.717, 1.165) is 11.3 Å². The van der Waals surface area contributed by atoms with Gasteiger partial charge in [-0.1, -0.05) is 30.3 Å². The Morgan fingerprint density at radius 3 is 2.62 bits per heavy atom. The zero-order valence-corrected chi connectivity index (χ0v) is 13.2. The van der Waals surface area contributed by atoms with Crippen LogP contribution in [0.2, 0.25) is 0 Å². The molecule has 1 heterocycles. The number of benzene rings is 2. The molecule has 24 heavy (non-hydrogen) atoms. The second kappa shape index (κ2) is 7.04. The van der Waals surface area contributed by atoms with E-state index in [4.69, 9.17) is 0 Å². The van der Waals surface area contributed by atoms with E-state index < -0.39 is 0 Å². The van der Waals surface area contributed by atoms with Gasteiger partial charge in [-0.15, -0.1) is 0 Å². The van der Waals surface area contributed by atoms with Crippen LogP contribution in [-0.2, 0) is 11.2 Å². The summed E-state index contributed by atoms with van der Waals surface area (Å²) in [6, 6.07) is 13.8. The van der Waals surface area contributed by atoms with E-state index in [-0.39, 0.29) is 24.2 Å². The van der Waals surface area contributed by atoms with Gasteiger partial charge in [0.1, 0.15) is 18.5 Å². The zero-order valence-electron chi connectivity index (χ0n) is 13.2. The van der Waals surface area contributed by atoms with Crippen molar-refractivity contribution in [1.29, 1.82) is 0 Å². The lowest BCUT2D eigenvalue weighted by atomic mass is 10.1. The fourth-order valence-corrected chi connectivity index (χ4v) is 2.45. The molecule has 0 spiro atoms. The Morgan fingerprint density at radius 2 is 1.96 bits per heavy atom. The predicted octanol–water partition coefficient (Wildman–Crippen LogP) is 2.83. The first-order valence-corrected chi connectivity index (χ1v) is 7.61. The number of carbonyl (C=O) groups is 1. The Labute approximate surface area is 139 Å². The highest BCUT2D eigenvalue weighted by atomic mass is 19.1. The van der Waals surface area contributed by atoms with Crippen LogP contribution >= 0.6 is 0 Å². The van der Waals surface area contributed by atoms with Crippen LogP contribution in [0.15, 0.2) is 61.2 Å². The molecule has 1 unspecified atom stereocenters. The number of nitrogens with one attached hydrogen (secondary N) is 1. The normalized spacial score (nSPS) is 11.9. The van der Waals surface area contributed by atoms with E-state index in [2.05, 4.69) is 15.4 Å². The van der Waals surface area contributed by atoms with Crippen LogP contribution in [0.1, 0.15) is 24.1 Å². The standard InChI is InChI=1S/C18H17FN4O/c1-13(22-18(24)10-15-4-2-3-5-17(15)19)14-6-8-16(9-7-14)23-12-20-11-21-23/h2-9,11-13H,10H2,1H3,(H,22,24). The van der Waals surface area contributed by atoms with Crippen molar-refractivity contribution >= 4 is 5.91 Å². The van der Waals surface area contributed by atoms with Gasteiger partial charge < -0.3 is 5.32 Å². The second-order valence-corrected chi connectivity index (χ2v) is 5.49. The molecule has 0 fully saturated rings. The van der Waals surface area contributed by atoms with Crippen LogP contribution in [0.3, 0.4) is 0 Å². The molecule has 3 aromatic rings. The zero-order chi connectivity index (χ0) is 16.9. The molecule has 0 aliphatic heterocycles. The van der Waals surface area contributed by atoms with Crippen LogP contribution in [0.25, 0.3) is 5.69 Å². The first kappa shape index (κ1) is 15.9. The molecule has 0 saturated heterocycles. The Hall–Kier alpha value is -3.02. The van der Waals surface area contributed by atoms with Gasteiger partial charge in [-0.3, -0.25) is 4.79 Å². The third-order valence-corrected chi connectivity index (χ3v) is 3.76. The molecule has 0 aliphatic carbocycles. The lowest BCUT2D eigenvalue weighted by molar-refractivity contribution is -0.121. The first-order valence-electron chi connectivity index (χ1n) is 7.61. The summed E-state index contributed by atoms with van der Waals surface area (Å²) in [7, 11) is 0. The van der Waals surface area contributed by atoms with Crippen molar-refractivity contribution in [2.24, 2.45) is 0 Å². The Bertz CT molecular complexity index is 815. The molecule has 0 aliphatic rings. The fraction of sp³-hybridized carbons (Fsp3) is 0.167. The van der Waals surface area contributed by atoms with E-state index in [1.807, 2.05) is 31.2 Å². The van der Waals surface area contributed by atoms with E-state index in [1.54, 1.807) is 29.2 Å². The number of hydrogen-bond donors (Lipinski definition) is 1. The van der Waals surface area contributed by atoms with Crippen LogP contribution in [0, 0.1) is 5.82 Å². The molecule has 0 saturated carbocycles.